The van der Waals surface area contributed by atoms with E-state index in [1.54, 1.807) is 0 Å². The number of halogens is 4. The maximum atomic E-state index is 12.0. The fraction of sp³-hybridized carbons (Fsp3) is 0.167. The standard InChI is InChI=1S/C6H2ClF3NS/c7-4-1-3(6(8,9)10)2-11-5(4)12/h1-2H. The molecule has 1 aromatic rings. The van der Waals surface area contributed by atoms with Crippen molar-refractivity contribution in [3.8, 4) is 0 Å². The van der Waals surface area contributed by atoms with Crippen LogP contribution in [0.1, 0.15) is 5.56 Å². The van der Waals surface area contributed by atoms with Crippen LogP contribution < -0.4 is 0 Å². The van der Waals surface area contributed by atoms with Gasteiger partial charge in [0, 0.05) is 6.20 Å². The van der Waals surface area contributed by atoms with Crippen molar-refractivity contribution in [1.82, 2.24) is 4.98 Å². The molecule has 0 aliphatic carbocycles. The van der Waals surface area contributed by atoms with Gasteiger partial charge < -0.3 is 0 Å². The van der Waals surface area contributed by atoms with E-state index in [0.717, 1.165) is 6.07 Å². The molecule has 0 saturated carbocycles. The van der Waals surface area contributed by atoms with Crippen LogP contribution in [0.3, 0.4) is 0 Å². The molecule has 0 aliphatic rings. The van der Waals surface area contributed by atoms with Crippen LogP contribution in [-0.2, 0) is 6.18 Å². The molecule has 1 nitrogen and oxygen atoms in total. The highest BCUT2D eigenvalue weighted by molar-refractivity contribution is 7.80. The number of alkyl halides is 3. The van der Waals surface area contributed by atoms with E-state index < -0.39 is 11.7 Å². The molecule has 0 fully saturated rings. The second kappa shape index (κ2) is 3.06. The van der Waals surface area contributed by atoms with Gasteiger partial charge in [0.05, 0.1) is 10.6 Å². The molecule has 65 valence electrons. The molecule has 0 aliphatic heterocycles. The first kappa shape index (κ1) is 9.54. The minimum Gasteiger partial charge on any atom is -0.243 e. The third-order valence-electron chi connectivity index (χ3n) is 1.13. The van der Waals surface area contributed by atoms with Gasteiger partial charge in [0.15, 0.2) is 0 Å². The Bertz CT molecular complexity index is 299. The first-order valence-corrected chi connectivity index (χ1v) is 3.59. The third-order valence-corrected chi connectivity index (χ3v) is 1.86. The lowest BCUT2D eigenvalue weighted by molar-refractivity contribution is -0.137. The van der Waals surface area contributed by atoms with Gasteiger partial charge in [-0.25, -0.2) is 4.98 Å². The molecule has 1 rings (SSSR count). The zero-order valence-corrected chi connectivity index (χ0v) is 7.09. The van der Waals surface area contributed by atoms with Crippen molar-refractivity contribution in [2.45, 2.75) is 11.2 Å². The summed E-state index contributed by atoms with van der Waals surface area (Å²) in [4.78, 5) is 3.31. The van der Waals surface area contributed by atoms with Crippen molar-refractivity contribution in [3.63, 3.8) is 0 Å². The van der Waals surface area contributed by atoms with Crippen molar-refractivity contribution in [3.05, 3.63) is 22.8 Å². The highest BCUT2D eigenvalue weighted by Crippen LogP contribution is 2.31. The van der Waals surface area contributed by atoms with Gasteiger partial charge in [-0.3, -0.25) is 0 Å². The molecule has 0 spiro atoms. The summed E-state index contributed by atoms with van der Waals surface area (Å²) in [6.07, 6.45) is -3.76. The highest BCUT2D eigenvalue weighted by Gasteiger charge is 2.31. The van der Waals surface area contributed by atoms with Gasteiger partial charge in [-0.05, 0) is 6.07 Å². The maximum Gasteiger partial charge on any atom is 0.417 e. The first-order chi connectivity index (χ1) is 5.41. The third kappa shape index (κ3) is 1.98. The van der Waals surface area contributed by atoms with E-state index in [-0.39, 0.29) is 10.0 Å². The quantitative estimate of drug-likeness (QED) is 0.643. The summed E-state index contributed by atoms with van der Waals surface area (Å²) < 4.78 is 35.9. The van der Waals surface area contributed by atoms with E-state index in [9.17, 15) is 13.2 Å². The first-order valence-electron chi connectivity index (χ1n) is 2.81. The average Bonchev–Trinajstić information content (AvgIpc) is 1.92. The molecule has 1 aromatic heterocycles. The Morgan fingerprint density at radius 2 is 2.00 bits per heavy atom. The summed E-state index contributed by atoms with van der Waals surface area (Å²) in [5.41, 5.74) is -0.888. The summed E-state index contributed by atoms with van der Waals surface area (Å²) >= 11 is 9.88. The molecule has 12 heavy (non-hydrogen) atoms. The van der Waals surface area contributed by atoms with Gasteiger partial charge in [-0.15, -0.1) is 0 Å². The van der Waals surface area contributed by atoms with Crippen molar-refractivity contribution in [2.24, 2.45) is 0 Å². The molecule has 0 amide bonds. The monoisotopic (exact) mass is 212 g/mol. The normalized spacial score (nSPS) is 11.7. The Morgan fingerprint density at radius 1 is 1.42 bits per heavy atom. The molecule has 0 atom stereocenters. The number of hydrogen-bond donors (Lipinski definition) is 0. The highest BCUT2D eigenvalue weighted by atomic mass is 35.5. The molecule has 0 aromatic carbocycles. The Balaban J connectivity index is 3.14. The second-order valence-corrected chi connectivity index (χ2v) is 2.80. The van der Waals surface area contributed by atoms with Gasteiger partial charge in [0.1, 0.15) is 5.03 Å². The summed E-state index contributed by atoms with van der Waals surface area (Å²) in [5, 5.41) is -0.176. The van der Waals surface area contributed by atoms with E-state index in [1.807, 2.05) is 0 Å². The molecule has 0 saturated heterocycles. The summed E-state index contributed by atoms with van der Waals surface area (Å²) in [7, 11) is 0. The number of hydrogen-bond acceptors (Lipinski definition) is 1. The number of pyridine rings is 1. The second-order valence-electron chi connectivity index (χ2n) is 2.01. The molecule has 0 bridgehead atoms. The summed E-state index contributed by atoms with van der Waals surface area (Å²) in [6, 6.07) is 0.761. The molecule has 0 unspecified atom stereocenters. The molecule has 6 heteroatoms. The Labute approximate surface area is 77.0 Å². The maximum absolute atomic E-state index is 12.0. The topological polar surface area (TPSA) is 12.9 Å². The number of aromatic nitrogens is 1. The van der Waals surface area contributed by atoms with Crippen molar-refractivity contribution in [2.75, 3.05) is 0 Å². The van der Waals surface area contributed by atoms with Crippen LogP contribution in [0.15, 0.2) is 17.3 Å². The van der Waals surface area contributed by atoms with Gasteiger partial charge >= 0.3 is 6.18 Å². The van der Waals surface area contributed by atoms with Crippen LogP contribution in [0, 0.1) is 0 Å². The van der Waals surface area contributed by atoms with Gasteiger partial charge in [0.25, 0.3) is 0 Å². The van der Waals surface area contributed by atoms with Crippen molar-refractivity contribution >= 4 is 24.2 Å². The summed E-state index contributed by atoms with van der Waals surface area (Å²) in [5.74, 6) is 0. The van der Waals surface area contributed by atoms with Crippen LogP contribution in [0.25, 0.3) is 0 Å². The predicted molar refractivity (Wildman–Crippen MR) is 40.1 cm³/mol. The van der Waals surface area contributed by atoms with Crippen LogP contribution in [0.4, 0.5) is 13.2 Å². The molecular weight excluding hydrogens is 211 g/mol. The SMILES string of the molecule is FC(F)(F)c1cnc([S])c(Cl)c1. The molecule has 1 radical (unpaired) electrons. The van der Waals surface area contributed by atoms with Crippen LogP contribution in [-0.4, -0.2) is 4.98 Å². The fourth-order valence-corrected chi connectivity index (χ4v) is 0.858. The van der Waals surface area contributed by atoms with Crippen LogP contribution in [0.5, 0.6) is 0 Å². The number of rotatable bonds is 0. The average molecular weight is 213 g/mol. The van der Waals surface area contributed by atoms with E-state index in [0.29, 0.717) is 6.20 Å². The molecular formula is C6H2ClF3NS. The Morgan fingerprint density at radius 3 is 2.42 bits per heavy atom. The lowest BCUT2D eigenvalue weighted by atomic mass is 10.3. The minimum absolute atomic E-state index is 0.0235. The zero-order chi connectivity index (χ0) is 9.35. The van der Waals surface area contributed by atoms with Crippen LogP contribution >= 0.6 is 24.2 Å². The summed E-state index contributed by atoms with van der Waals surface area (Å²) in [6.45, 7) is 0. The predicted octanol–water partition coefficient (Wildman–Crippen LogP) is 3.31. The van der Waals surface area contributed by atoms with Gasteiger partial charge in [-0.2, -0.15) is 13.2 Å². The van der Waals surface area contributed by atoms with Gasteiger partial charge in [-0.1, -0.05) is 24.2 Å². The molecule has 0 N–H and O–H groups in total. The Hall–Kier alpha value is -0.550. The lowest BCUT2D eigenvalue weighted by Crippen LogP contribution is -2.05. The number of nitrogens with zero attached hydrogens (tertiary/aromatic N) is 1. The van der Waals surface area contributed by atoms with E-state index >= 15 is 0 Å². The lowest BCUT2D eigenvalue weighted by Gasteiger charge is -2.05. The van der Waals surface area contributed by atoms with Crippen molar-refractivity contribution in [1.29, 1.82) is 0 Å². The largest absolute Gasteiger partial charge is 0.417 e. The van der Waals surface area contributed by atoms with E-state index in [4.69, 9.17) is 11.6 Å². The zero-order valence-electron chi connectivity index (χ0n) is 5.52. The van der Waals surface area contributed by atoms with Gasteiger partial charge in [0.2, 0.25) is 0 Å². The van der Waals surface area contributed by atoms with Crippen molar-refractivity contribution < 1.29 is 13.2 Å². The van der Waals surface area contributed by atoms with E-state index in [1.165, 1.54) is 0 Å². The minimum atomic E-state index is -4.42. The fourth-order valence-electron chi connectivity index (χ4n) is 0.580. The smallest absolute Gasteiger partial charge is 0.243 e. The van der Waals surface area contributed by atoms with E-state index in [2.05, 4.69) is 17.6 Å². The Kier molecular flexibility index (Phi) is 2.44. The van der Waals surface area contributed by atoms with Crippen LogP contribution in [0.2, 0.25) is 5.02 Å². The molecule has 1 heterocycles.